The van der Waals surface area contributed by atoms with E-state index in [1.165, 1.54) is 78.7 Å². The minimum Gasteiger partial charge on any atom is -0.439 e. The van der Waals surface area contributed by atoms with Gasteiger partial charge in [-0.25, -0.2) is 9.59 Å². The van der Waals surface area contributed by atoms with Crippen LogP contribution in [0.2, 0.25) is 0 Å². The van der Waals surface area contributed by atoms with E-state index in [1.54, 1.807) is 46.9 Å². The van der Waals surface area contributed by atoms with Crippen LogP contribution in [0.1, 0.15) is 81.1 Å². The molecule has 4 rings (SSSR count). The highest BCUT2D eigenvalue weighted by Crippen LogP contribution is 2.30. The van der Waals surface area contributed by atoms with Crippen molar-refractivity contribution >= 4 is 58.7 Å². The average molecular weight is 1170 g/mol. The van der Waals surface area contributed by atoms with Gasteiger partial charge in [-0.1, -0.05) is 76.3 Å². The van der Waals surface area contributed by atoms with Crippen LogP contribution in [0.15, 0.2) is 117 Å². The maximum Gasteiger partial charge on any atom is 0.405 e. The number of carbonyl (C=O) groups is 10. The predicted molar refractivity (Wildman–Crippen MR) is 311 cm³/mol. The van der Waals surface area contributed by atoms with Crippen molar-refractivity contribution in [3.63, 3.8) is 0 Å². The Morgan fingerprint density at radius 2 is 0.940 bits per heavy atom. The molecule has 0 fully saturated rings. The average Bonchev–Trinajstić information content (AvgIpc) is 2.96. The molecule has 0 aromatic carbocycles. The van der Waals surface area contributed by atoms with Gasteiger partial charge in [0.25, 0.3) is 11.8 Å². The highest BCUT2D eigenvalue weighted by atomic mass is 16.6. The maximum absolute atomic E-state index is 14.3. The molecule has 2 heterocycles. The van der Waals surface area contributed by atoms with Gasteiger partial charge in [-0.15, -0.1) is 0 Å². The Morgan fingerprint density at radius 1 is 0.583 bits per heavy atom. The molecule has 2 aliphatic carbocycles. The quantitative estimate of drug-likeness (QED) is 0.105. The fourth-order valence-electron chi connectivity index (χ4n) is 10.1. The van der Waals surface area contributed by atoms with Crippen molar-refractivity contribution in [3.8, 4) is 0 Å². The van der Waals surface area contributed by atoms with E-state index in [0.717, 1.165) is 12.2 Å². The van der Waals surface area contributed by atoms with Gasteiger partial charge in [-0.2, -0.15) is 0 Å². The van der Waals surface area contributed by atoms with Gasteiger partial charge in [0, 0.05) is 101 Å². The highest BCUT2D eigenvalue weighted by Gasteiger charge is 2.36. The van der Waals surface area contributed by atoms with Crippen LogP contribution >= 0.6 is 0 Å². The number of hydrogen-bond acceptors (Lipinski definition) is 19. The van der Waals surface area contributed by atoms with Crippen molar-refractivity contribution in [3.05, 3.63) is 117 Å². The van der Waals surface area contributed by atoms with Gasteiger partial charge >= 0.3 is 12.2 Å². The third kappa shape index (κ3) is 19.2. The number of ketones is 6. The van der Waals surface area contributed by atoms with Gasteiger partial charge in [0.15, 0.2) is 23.8 Å². The zero-order valence-corrected chi connectivity index (χ0v) is 50.3. The fourth-order valence-corrected chi connectivity index (χ4v) is 10.1. The second-order valence-corrected chi connectivity index (χ2v) is 21.6. The Bertz CT molecular complexity index is 2700. The van der Waals surface area contributed by atoms with Crippen LogP contribution in [0.3, 0.4) is 0 Å². The molecule has 4 amide bonds. The molecule has 4 aliphatic rings. The molecule has 23 nitrogen and oxygen atoms in total. The SMILES string of the molecule is CO[C@H]1C[C@H](C)CC2=C(NCCN(C)CCNC3=C4C[C@@H](C)C[C@H](OC)C(=O)[C@@H](C)/C=C(\C)[C@H](OC(N)=O)[C@@H](OC)/C=C\C=C(/C)C(=O)NC(=CC3=O)C4=O)C(=O)C=C(NC(=O)/C(C)=C/C=C\[C@H](OC)[C@@H](OC(N)=O)/C(C)=C/[C@H](C)C1=O)C2=O. The smallest absolute Gasteiger partial charge is 0.405 e. The van der Waals surface area contributed by atoms with E-state index in [0.29, 0.717) is 24.2 Å². The van der Waals surface area contributed by atoms with E-state index in [1.807, 2.05) is 18.7 Å². The standard InChI is InChI=1S/C61H83N7O16/c1-32-24-40-50(44(69)30-42(54(40)73)66-58(75)34(3)16-14-18-46(79-10)56(83-60(62)77)38(7)28-36(5)52(71)48(26-32)81-12)64-20-22-68(9)23-21-65-51-41-25-33(2)27-49(82-13)53(72)37(6)29-39(8)57(84-61(63)78)47(80-11)19-15-17-35(4)59(76)67-43(55(41)74)31-45(51)70/h14-19,28-33,36-37,46-49,56-57,64-65H,20-27H2,1-13H3,(H2,62,77)(H2,63,78)(H,66,75)(H,67,76)/b18-14-,19-15-,34-16+,35-17+,38-28+,39-29+/t32-,33-,36+,37+,46+,47+,48+,49+,56+,57+/m1/s1. The van der Waals surface area contributed by atoms with Crippen molar-refractivity contribution in [2.45, 2.75) is 118 Å². The third-order valence-electron chi connectivity index (χ3n) is 14.8. The van der Waals surface area contributed by atoms with E-state index < -0.39 is 107 Å². The predicted octanol–water partition coefficient (Wildman–Crippen LogP) is 4.07. The summed E-state index contributed by atoms with van der Waals surface area (Å²) in [6.07, 6.45) is 6.78. The Labute approximate surface area is 491 Å². The number of carbonyl (C=O) groups excluding carboxylic acids is 10. The summed E-state index contributed by atoms with van der Waals surface area (Å²) in [5, 5.41) is 11.4. The van der Waals surface area contributed by atoms with E-state index >= 15 is 0 Å². The molecule has 0 radical (unpaired) electrons. The summed E-state index contributed by atoms with van der Waals surface area (Å²) in [7, 11) is 7.35. The molecule has 23 heteroatoms. The van der Waals surface area contributed by atoms with Crippen LogP contribution in [0, 0.1) is 23.7 Å². The lowest BCUT2D eigenvalue weighted by Crippen LogP contribution is -2.40. The first-order chi connectivity index (χ1) is 39.6. The Hall–Kier alpha value is -7.70. The summed E-state index contributed by atoms with van der Waals surface area (Å²) in [6, 6.07) is 0. The number of allylic oxidation sites excluding steroid dienone is 10. The number of amides is 4. The number of hydrogen-bond donors (Lipinski definition) is 6. The van der Waals surface area contributed by atoms with Crippen molar-refractivity contribution in [2.24, 2.45) is 35.1 Å². The number of Topliss-reactive ketones (excluding diaryl/α,β-unsaturated/α-hetero) is 4. The Morgan fingerprint density at radius 3 is 1.26 bits per heavy atom. The lowest BCUT2D eigenvalue weighted by Gasteiger charge is -2.27. The molecule has 0 unspecified atom stereocenters. The number of nitrogens with two attached hydrogens (primary N) is 2. The number of primary amides is 2. The van der Waals surface area contributed by atoms with Crippen LogP contribution in [0.5, 0.6) is 0 Å². The normalized spacial score (nSPS) is 30.3. The van der Waals surface area contributed by atoms with Gasteiger partial charge < -0.3 is 66.1 Å². The number of likely N-dealkylation sites (N-methyl/N-ethyl adjacent to an activating group) is 1. The van der Waals surface area contributed by atoms with Gasteiger partial charge in [0.05, 0.1) is 22.8 Å². The first-order valence-corrected chi connectivity index (χ1v) is 27.7. The number of nitrogens with one attached hydrogen (secondary N) is 4. The molecule has 2 aliphatic heterocycles. The molecular formula is C61H83N7O16. The van der Waals surface area contributed by atoms with Crippen molar-refractivity contribution in [1.82, 2.24) is 26.2 Å². The number of ether oxygens (including phenoxy) is 6. The summed E-state index contributed by atoms with van der Waals surface area (Å²) in [4.78, 5) is 137. The third-order valence-corrected chi connectivity index (χ3v) is 14.8. The van der Waals surface area contributed by atoms with Gasteiger partial charge in [0.2, 0.25) is 23.1 Å². The first-order valence-electron chi connectivity index (χ1n) is 27.7. The maximum atomic E-state index is 14.3. The van der Waals surface area contributed by atoms with Crippen LogP contribution in [0.4, 0.5) is 9.59 Å². The molecular weight excluding hydrogens is 1090 g/mol. The lowest BCUT2D eigenvalue weighted by molar-refractivity contribution is -0.132. The van der Waals surface area contributed by atoms with Crippen LogP contribution in [-0.4, -0.2) is 162 Å². The topological polar surface area (TPSA) is 329 Å². The van der Waals surface area contributed by atoms with Gasteiger partial charge in [-0.3, -0.25) is 38.4 Å². The second kappa shape index (κ2) is 32.4. The minimum atomic E-state index is -1.07. The summed E-state index contributed by atoms with van der Waals surface area (Å²) in [5.41, 5.74) is 11.8. The zero-order chi connectivity index (χ0) is 62.7. The molecule has 0 saturated carbocycles. The molecule has 458 valence electrons. The Balaban J connectivity index is 1.59. The number of rotatable bonds is 14. The molecule has 0 aromatic rings. The summed E-state index contributed by atoms with van der Waals surface area (Å²) < 4.78 is 33.4. The molecule has 8 N–H and O–H groups in total. The fraction of sp³-hybridized carbons (Fsp3) is 0.508. The molecule has 4 bridgehead atoms. The first kappa shape index (κ1) is 68.8. The zero-order valence-electron chi connectivity index (χ0n) is 50.3. The summed E-state index contributed by atoms with van der Waals surface area (Å²) in [5.74, 6) is -6.59. The van der Waals surface area contributed by atoms with E-state index in [9.17, 15) is 47.9 Å². The lowest BCUT2D eigenvalue weighted by atomic mass is 9.85. The van der Waals surface area contributed by atoms with E-state index in [-0.39, 0.29) is 95.4 Å². The summed E-state index contributed by atoms with van der Waals surface area (Å²) >= 11 is 0. The monoisotopic (exact) mass is 1170 g/mol. The van der Waals surface area contributed by atoms with Crippen LogP contribution in [0.25, 0.3) is 0 Å². The molecule has 0 saturated heterocycles. The summed E-state index contributed by atoms with van der Waals surface area (Å²) in [6.45, 7) is 14.2. The van der Waals surface area contributed by atoms with E-state index in [2.05, 4.69) is 21.3 Å². The van der Waals surface area contributed by atoms with Gasteiger partial charge in [-0.05, 0) is 83.4 Å². The van der Waals surface area contributed by atoms with Crippen molar-refractivity contribution in [2.75, 3.05) is 61.7 Å². The van der Waals surface area contributed by atoms with Crippen LogP contribution in [-0.2, 0) is 66.8 Å². The molecule has 0 aromatic heterocycles. The largest absolute Gasteiger partial charge is 0.439 e. The Kier molecular flexibility index (Phi) is 26.5. The number of methoxy groups -OCH3 is 4. The second-order valence-electron chi connectivity index (χ2n) is 21.6. The molecule has 0 spiro atoms. The number of nitrogens with zero attached hydrogens (tertiary/aromatic N) is 1. The molecule has 10 atom stereocenters. The van der Waals surface area contributed by atoms with Gasteiger partial charge in [0.1, 0.15) is 24.4 Å². The van der Waals surface area contributed by atoms with E-state index in [4.69, 9.17) is 39.9 Å². The van der Waals surface area contributed by atoms with Crippen molar-refractivity contribution < 1.29 is 76.4 Å². The highest BCUT2D eigenvalue weighted by molar-refractivity contribution is 6.24. The minimum absolute atomic E-state index is 0.0118. The van der Waals surface area contributed by atoms with Crippen molar-refractivity contribution in [1.29, 1.82) is 0 Å². The van der Waals surface area contributed by atoms with Crippen LogP contribution < -0.4 is 32.7 Å². The molecule has 84 heavy (non-hydrogen) atoms. The number of fused-ring (bicyclic) bond motifs is 4.